The first-order valence-corrected chi connectivity index (χ1v) is 8.23. The maximum Gasteiger partial charge on any atom is 0.226 e. The van der Waals surface area contributed by atoms with Crippen LogP contribution in [0.15, 0.2) is 28.8 Å². The molecule has 6 heteroatoms. The standard InChI is InChI=1S/C17H21N5O/c1-3-16-19-17(20-23-16)14-9-6-10-22(14)11-15-18-12-7-4-5-8-13(12)21(15)2/h4-5,7-8,14H,3,6,9-11H2,1-2H3. The Labute approximate surface area is 135 Å². The molecule has 0 saturated carbocycles. The van der Waals surface area contributed by atoms with Gasteiger partial charge in [0.25, 0.3) is 0 Å². The van der Waals surface area contributed by atoms with Gasteiger partial charge in [-0.1, -0.05) is 24.2 Å². The minimum atomic E-state index is 0.235. The minimum Gasteiger partial charge on any atom is -0.339 e. The van der Waals surface area contributed by atoms with E-state index in [1.54, 1.807) is 0 Å². The van der Waals surface area contributed by atoms with E-state index in [9.17, 15) is 0 Å². The van der Waals surface area contributed by atoms with Gasteiger partial charge >= 0.3 is 0 Å². The van der Waals surface area contributed by atoms with E-state index in [4.69, 9.17) is 9.51 Å². The van der Waals surface area contributed by atoms with E-state index in [-0.39, 0.29) is 6.04 Å². The quantitative estimate of drug-likeness (QED) is 0.741. The molecule has 23 heavy (non-hydrogen) atoms. The van der Waals surface area contributed by atoms with E-state index in [2.05, 4.69) is 44.9 Å². The molecule has 3 heterocycles. The SMILES string of the molecule is CCc1nc(C2CCCN2Cc2nc3ccccc3n2C)no1. The maximum atomic E-state index is 5.29. The summed E-state index contributed by atoms with van der Waals surface area (Å²) in [6, 6.07) is 8.49. The topological polar surface area (TPSA) is 60.0 Å². The van der Waals surface area contributed by atoms with Gasteiger partial charge in [-0.25, -0.2) is 4.98 Å². The average molecular weight is 311 g/mol. The number of benzene rings is 1. The molecular weight excluding hydrogens is 290 g/mol. The number of para-hydroxylation sites is 2. The van der Waals surface area contributed by atoms with Crippen LogP contribution in [0.5, 0.6) is 0 Å². The second kappa shape index (κ2) is 5.77. The van der Waals surface area contributed by atoms with Crippen LogP contribution in [-0.2, 0) is 20.0 Å². The molecule has 0 spiro atoms. The van der Waals surface area contributed by atoms with Gasteiger partial charge in [-0.3, -0.25) is 4.90 Å². The highest BCUT2D eigenvalue weighted by Crippen LogP contribution is 2.31. The fourth-order valence-electron chi connectivity index (χ4n) is 3.37. The highest BCUT2D eigenvalue weighted by atomic mass is 16.5. The molecule has 120 valence electrons. The largest absolute Gasteiger partial charge is 0.339 e. The molecule has 1 saturated heterocycles. The Hall–Kier alpha value is -2.21. The molecule has 0 amide bonds. The van der Waals surface area contributed by atoms with E-state index in [1.165, 1.54) is 5.52 Å². The molecule has 1 aliphatic heterocycles. The van der Waals surface area contributed by atoms with Gasteiger partial charge in [0.1, 0.15) is 5.82 Å². The van der Waals surface area contributed by atoms with Crippen molar-refractivity contribution in [2.45, 2.75) is 38.8 Å². The van der Waals surface area contributed by atoms with Crippen LogP contribution in [0.4, 0.5) is 0 Å². The summed E-state index contributed by atoms with van der Waals surface area (Å²) >= 11 is 0. The minimum absolute atomic E-state index is 0.235. The zero-order valence-corrected chi connectivity index (χ0v) is 13.6. The van der Waals surface area contributed by atoms with Crippen molar-refractivity contribution in [3.63, 3.8) is 0 Å². The molecule has 0 aliphatic carbocycles. The fraction of sp³-hybridized carbons (Fsp3) is 0.471. The number of hydrogen-bond acceptors (Lipinski definition) is 5. The van der Waals surface area contributed by atoms with Crippen LogP contribution >= 0.6 is 0 Å². The molecule has 1 fully saturated rings. The zero-order chi connectivity index (χ0) is 15.8. The smallest absolute Gasteiger partial charge is 0.226 e. The lowest BCUT2D eigenvalue weighted by atomic mass is 10.2. The van der Waals surface area contributed by atoms with Crippen molar-refractivity contribution in [1.82, 2.24) is 24.6 Å². The van der Waals surface area contributed by atoms with Crippen LogP contribution in [0.1, 0.15) is 43.3 Å². The molecular formula is C17H21N5O. The number of imidazole rings is 1. The second-order valence-corrected chi connectivity index (χ2v) is 6.10. The number of aromatic nitrogens is 4. The van der Waals surface area contributed by atoms with Gasteiger partial charge in [0, 0.05) is 13.5 Å². The van der Waals surface area contributed by atoms with E-state index in [1.807, 2.05) is 13.0 Å². The molecule has 0 radical (unpaired) electrons. The molecule has 1 aliphatic rings. The van der Waals surface area contributed by atoms with Crippen molar-refractivity contribution in [1.29, 1.82) is 0 Å². The average Bonchev–Trinajstić information content (AvgIpc) is 3.28. The molecule has 4 rings (SSSR count). The molecule has 1 unspecified atom stereocenters. The molecule has 0 N–H and O–H groups in total. The number of fused-ring (bicyclic) bond motifs is 1. The van der Waals surface area contributed by atoms with Crippen LogP contribution in [0.25, 0.3) is 11.0 Å². The zero-order valence-electron chi connectivity index (χ0n) is 13.6. The predicted octanol–water partition coefficient (Wildman–Crippen LogP) is 2.86. The summed E-state index contributed by atoms with van der Waals surface area (Å²) in [5, 5.41) is 4.17. The third-order valence-corrected chi connectivity index (χ3v) is 4.67. The predicted molar refractivity (Wildman–Crippen MR) is 86.8 cm³/mol. The molecule has 1 aromatic carbocycles. The monoisotopic (exact) mass is 311 g/mol. The molecule has 2 aromatic heterocycles. The highest BCUT2D eigenvalue weighted by molar-refractivity contribution is 5.75. The van der Waals surface area contributed by atoms with Gasteiger partial charge < -0.3 is 9.09 Å². The van der Waals surface area contributed by atoms with Crippen molar-refractivity contribution < 1.29 is 4.52 Å². The summed E-state index contributed by atoms with van der Waals surface area (Å²) in [5.74, 6) is 2.62. The van der Waals surface area contributed by atoms with Crippen LogP contribution < -0.4 is 0 Å². The molecule has 3 aromatic rings. The first-order chi connectivity index (χ1) is 11.3. The third kappa shape index (κ3) is 2.53. The summed E-state index contributed by atoms with van der Waals surface area (Å²) in [5.41, 5.74) is 2.22. The summed E-state index contributed by atoms with van der Waals surface area (Å²) in [6.45, 7) is 3.89. The number of aryl methyl sites for hydroxylation is 2. The Morgan fingerprint density at radius 3 is 2.91 bits per heavy atom. The Balaban J connectivity index is 1.60. The molecule has 0 bridgehead atoms. The normalized spacial score (nSPS) is 19.0. The van der Waals surface area contributed by atoms with E-state index in [0.29, 0.717) is 0 Å². The van der Waals surface area contributed by atoms with E-state index in [0.717, 1.165) is 55.4 Å². The van der Waals surface area contributed by atoms with Gasteiger partial charge in [0.05, 0.1) is 23.6 Å². The molecule has 1 atom stereocenters. The summed E-state index contributed by atoms with van der Waals surface area (Å²) in [6.07, 6.45) is 3.02. The molecule has 6 nitrogen and oxygen atoms in total. The Bertz CT molecular complexity index is 821. The first kappa shape index (κ1) is 14.4. The van der Waals surface area contributed by atoms with Crippen LogP contribution in [0.2, 0.25) is 0 Å². The maximum absolute atomic E-state index is 5.29. The van der Waals surface area contributed by atoms with Gasteiger partial charge in [0.2, 0.25) is 5.89 Å². The van der Waals surface area contributed by atoms with Gasteiger partial charge in [0.15, 0.2) is 5.82 Å². The van der Waals surface area contributed by atoms with Crippen LogP contribution in [-0.4, -0.2) is 31.1 Å². The lowest BCUT2D eigenvalue weighted by Crippen LogP contribution is -2.25. The third-order valence-electron chi connectivity index (χ3n) is 4.67. The first-order valence-electron chi connectivity index (χ1n) is 8.23. The van der Waals surface area contributed by atoms with Crippen molar-refractivity contribution in [3.05, 3.63) is 41.8 Å². The second-order valence-electron chi connectivity index (χ2n) is 6.10. The van der Waals surface area contributed by atoms with Gasteiger partial charge in [-0.2, -0.15) is 4.98 Å². The van der Waals surface area contributed by atoms with Crippen molar-refractivity contribution in [2.75, 3.05) is 6.54 Å². The van der Waals surface area contributed by atoms with Crippen molar-refractivity contribution in [3.8, 4) is 0 Å². The highest BCUT2D eigenvalue weighted by Gasteiger charge is 2.30. The number of rotatable bonds is 4. The summed E-state index contributed by atoms with van der Waals surface area (Å²) < 4.78 is 7.47. The fourth-order valence-corrected chi connectivity index (χ4v) is 3.37. The van der Waals surface area contributed by atoms with Crippen molar-refractivity contribution >= 4 is 11.0 Å². The summed E-state index contributed by atoms with van der Waals surface area (Å²) in [7, 11) is 2.08. The number of likely N-dealkylation sites (tertiary alicyclic amines) is 1. The lowest BCUT2D eigenvalue weighted by molar-refractivity contribution is 0.227. The van der Waals surface area contributed by atoms with Gasteiger partial charge in [-0.15, -0.1) is 0 Å². The summed E-state index contributed by atoms with van der Waals surface area (Å²) in [4.78, 5) is 11.7. The van der Waals surface area contributed by atoms with Crippen LogP contribution in [0.3, 0.4) is 0 Å². The Kier molecular flexibility index (Phi) is 3.61. The lowest BCUT2D eigenvalue weighted by Gasteiger charge is -2.21. The van der Waals surface area contributed by atoms with E-state index < -0.39 is 0 Å². The Morgan fingerprint density at radius 1 is 1.26 bits per heavy atom. The van der Waals surface area contributed by atoms with Gasteiger partial charge in [-0.05, 0) is 31.5 Å². The van der Waals surface area contributed by atoms with Crippen LogP contribution in [0, 0.1) is 0 Å². The Morgan fingerprint density at radius 2 is 2.13 bits per heavy atom. The number of nitrogens with zero attached hydrogens (tertiary/aromatic N) is 5. The van der Waals surface area contributed by atoms with E-state index >= 15 is 0 Å². The number of hydrogen-bond donors (Lipinski definition) is 0. The van der Waals surface area contributed by atoms with Crippen molar-refractivity contribution in [2.24, 2.45) is 7.05 Å².